The molecular weight excluding hydrogens is 458 g/mol. The van der Waals surface area contributed by atoms with Crippen molar-refractivity contribution in [1.29, 1.82) is 5.41 Å². The molecule has 1 saturated heterocycles. The SMILES string of the molecule is CN1C(=N)N[C@](C)(c2sc(C3C=CC=C(c4noc(C5CC5)n4)C3)cc2Cl)CS1(=O)=O. The Balaban J connectivity index is 1.40. The van der Waals surface area contributed by atoms with Gasteiger partial charge in [0.15, 0.2) is 5.82 Å². The lowest BCUT2D eigenvalue weighted by Gasteiger charge is -2.39. The van der Waals surface area contributed by atoms with Crippen molar-refractivity contribution in [1.82, 2.24) is 19.8 Å². The van der Waals surface area contributed by atoms with Crippen molar-refractivity contribution >= 4 is 44.5 Å². The van der Waals surface area contributed by atoms with E-state index < -0.39 is 15.6 Å². The first-order valence-electron chi connectivity index (χ1n) is 10.0. The van der Waals surface area contributed by atoms with E-state index in [1.807, 2.05) is 18.2 Å². The maximum atomic E-state index is 12.5. The summed E-state index contributed by atoms with van der Waals surface area (Å²) in [5.74, 6) is 1.50. The van der Waals surface area contributed by atoms with Crippen molar-refractivity contribution in [3.63, 3.8) is 0 Å². The Bertz CT molecular complexity index is 1230. The van der Waals surface area contributed by atoms with E-state index in [9.17, 15) is 8.42 Å². The number of allylic oxidation sites excluding steroid dienone is 4. The van der Waals surface area contributed by atoms with Gasteiger partial charge >= 0.3 is 0 Å². The number of hydrogen-bond acceptors (Lipinski definition) is 7. The summed E-state index contributed by atoms with van der Waals surface area (Å²) in [7, 11) is -2.23. The van der Waals surface area contributed by atoms with E-state index >= 15 is 0 Å². The predicted molar refractivity (Wildman–Crippen MR) is 120 cm³/mol. The van der Waals surface area contributed by atoms with Crippen molar-refractivity contribution in [3.05, 3.63) is 50.8 Å². The summed E-state index contributed by atoms with van der Waals surface area (Å²) >= 11 is 8.05. The summed E-state index contributed by atoms with van der Waals surface area (Å²) < 4.78 is 31.4. The normalized spacial score (nSPS) is 27.8. The average molecular weight is 480 g/mol. The zero-order valence-electron chi connectivity index (χ0n) is 17.1. The number of thiophene rings is 1. The van der Waals surface area contributed by atoms with E-state index in [-0.39, 0.29) is 17.6 Å². The van der Waals surface area contributed by atoms with E-state index in [1.54, 1.807) is 6.92 Å². The average Bonchev–Trinajstić information content (AvgIpc) is 3.30. The Morgan fingerprint density at radius 2 is 2.19 bits per heavy atom. The molecule has 2 atom stereocenters. The fourth-order valence-corrected chi connectivity index (χ4v) is 7.24. The van der Waals surface area contributed by atoms with Crippen molar-refractivity contribution in [2.75, 3.05) is 12.8 Å². The van der Waals surface area contributed by atoms with Crippen LogP contribution in [0.3, 0.4) is 0 Å². The van der Waals surface area contributed by atoms with E-state index in [4.69, 9.17) is 21.5 Å². The van der Waals surface area contributed by atoms with Crippen LogP contribution in [0.1, 0.15) is 59.5 Å². The fraction of sp³-hybridized carbons (Fsp3) is 0.450. The summed E-state index contributed by atoms with van der Waals surface area (Å²) in [4.78, 5) is 6.30. The topological polar surface area (TPSA) is 112 Å². The molecular formula is C20H22ClN5O3S2. The number of halogens is 1. The molecule has 2 aromatic heterocycles. The van der Waals surface area contributed by atoms with Crippen molar-refractivity contribution in [2.24, 2.45) is 0 Å². The van der Waals surface area contributed by atoms with Gasteiger partial charge in [0.25, 0.3) is 0 Å². The number of rotatable bonds is 4. The third-order valence-corrected chi connectivity index (χ3v) is 9.81. The quantitative estimate of drug-likeness (QED) is 0.689. The van der Waals surface area contributed by atoms with Gasteiger partial charge in [-0.25, -0.2) is 12.7 Å². The maximum Gasteiger partial charge on any atom is 0.239 e. The zero-order valence-corrected chi connectivity index (χ0v) is 19.4. The highest BCUT2D eigenvalue weighted by Gasteiger charge is 2.44. The highest BCUT2D eigenvalue weighted by molar-refractivity contribution is 7.89. The summed E-state index contributed by atoms with van der Waals surface area (Å²) in [6, 6.07) is 1.90. The molecule has 164 valence electrons. The van der Waals surface area contributed by atoms with Gasteiger partial charge in [0, 0.05) is 34.2 Å². The number of sulfonamides is 1. The van der Waals surface area contributed by atoms with Crippen LogP contribution in [-0.4, -0.2) is 41.6 Å². The minimum Gasteiger partial charge on any atom is -0.344 e. The highest BCUT2D eigenvalue weighted by atomic mass is 35.5. The van der Waals surface area contributed by atoms with Crippen LogP contribution in [0, 0.1) is 5.41 Å². The molecule has 1 unspecified atom stereocenters. The second-order valence-corrected chi connectivity index (χ2v) is 12.0. The second kappa shape index (κ2) is 7.18. The molecule has 2 aliphatic carbocycles. The summed E-state index contributed by atoms with van der Waals surface area (Å²) in [5, 5.41) is 15.7. The molecule has 3 aliphatic rings. The van der Waals surface area contributed by atoms with Gasteiger partial charge in [-0.3, -0.25) is 5.41 Å². The minimum absolute atomic E-state index is 0.0741. The van der Waals surface area contributed by atoms with Crippen molar-refractivity contribution in [3.8, 4) is 0 Å². The standard InChI is InChI=1S/C20H22ClN5O3S2/c1-20(10-31(27,28)26(2)19(22)24-20)16-14(21)9-15(30-16)12-4-3-5-13(8-12)17-23-18(29-25-17)11-6-7-11/h3-5,9,11-12H,6-8,10H2,1-2H3,(H2,22,24)/t12?,20-/m0/s1. The molecule has 2 fully saturated rings. The molecule has 0 bridgehead atoms. The van der Waals surface area contributed by atoms with Crippen LogP contribution < -0.4 is 5.32 Å². The lowest BCUT2D eigenvalue weighted by Crippen LogP contribution is -2.60. The molecule has 5 rings (SSSR count). The molecule has 0 radical (unpaired) electrons. The van der Waals surface area contributed by atoms with Gasteiger partial charge < -0.3 is 9.84 Å². The lowest BCUT2D eigenvalue weighted by atomic mass is 9.92. The van der Waals surface area contributed by atoms with E-state index in [1.165, 1.54) is 18.4 Å². The number of hydrogen-bond donors (Lipinski definition) is 2. The minimum atomic E-state index is -3.60. The number of nitrogens with zero attached hydrogens (tertiary/aromatic N) is 3. The van der Waals surface area contributed by atoms with Crippen molar-refractivity contribution < 1.29 is 12.9 Å². The number of guanidine groups is 1. The molecule has 0 aromatic carbocycles. The third-order valence-electron chi connectivity index (χ3n) is 5.91. The lowest BCUT2D eigenvalue weighted by molar-refractivity contribution is 0.377. The van der Waals surface area contributed by atoms with Crippen molar-refractivity contribution in [2.45, 2.75) is 43.6 Å². The van der Waals surface area contributed by atoms with Gasteiger partial charge in [-0.1, -0.05) is 35.0 Å². The monoisotopic (exact) mass is 479 g/mol. The molecule has 2 aromatic rings. The van der Waals surface area contributed by atoms with Gasteiger partial charge in [0.05, 0.1) is 16.3 Å². The Kier molecular flexibility index (Phi) is 4.80. The van der Waals surface area contributed by atoms with Gasteiger partial charge in [0.1, 0.15) is 0 Å². The maximum absolute atomic E-state index is 12.5. The zero-order chi connectivity index (χ0) is 22.0. The molecule has 0 amide bonds. The number of aromatic nitrogens is 2. The molecule has 11 heteroatoms. The Labute approximate surface area is 189 Å². The van der Waals surface area contributed by atoms with Crippen LogP contribution in [0.2, 0.25) is 5.02 Å². The predicted octanol–water partition coefficient (Wildman–Crippen LogP) is 3.80. The van der Waals surface area contributed by atoms with Gasteiger partial charge in [0.2, 0.25) is 21.9 Å². The Morgan fingerprint density at radius 1 is 1.42 bits per heavy atom. The summed E-state index contributed by atoms with van der Waals surface area (Å²) in [6.07, 6.45) is 9.00. The first-order chi connectivity index (χ1) is 14.7. The Morgan fingerprint density at radius 3 is 2.90 bits per heavy atom. The largest absolute Gasteiger partial charge is 0.344 e. The van der Waals surface area contributed by atoms with Crippen LogP contribution in [0.15, 0.2) is 28.8 Å². The fourth-order valence-electron chi connectivity index (χ4n) is 3.95. The first-order valence-corrected chi connectivity index (χ1v) is 12.8. The van der Waals surface area contributed by atoms with E-state index in [2.05, 4.69) is 21.5 Å². The molecule has 2 N–H and O–H groups in total. The molecule has 3 heterocycles. The van der Waals surface area contributed by atoms with Crippen LogP contribution >= 0.6 is 22.9 Å². The molecule has 8 nitrogen and oxygen atoms in total. The first kappa shape index (κ1) is 20.7. The van der Waals surface area contributed by atoms with Gasteiger partial charge in [-0.15, -0.1) is 11.3 Å². The molecule has 31 heavy (non-hydrogen) atoms. The van der Waals surface area contributed by atoms with Gasteiger partial charge in [-0.05, 0) is 32.3 Å². The summed E-state index contributed by atoms with van der Waals surface area (Å²) in [6.45, 7) is 1.77. The molecule has 1 saturated carbocycles. The Hall–Kier alpha value is -2.17. The summed E-state index contributed by atoms with van der Waals surface area (Å²) in [5.41, 5.74) is 0.0361. The van der Waals surface area contributed by atoms with Gasteiger partial charge in [-0.2, -0.15) is 4.98 Å². The molecule has 0 spiro atoms. The van der Waals surface area contributed by atoms with Crippen LogP contribution in [0.4, 0.5) is 0 Å². The van der Waals surface area contributed by atoms with Crippen LogP contribution in [0.5, 0.6) is 0 Å². The second-order valence-electron chi connectivity index (χ2n) is 8.47. The smallest absolute Gasteiger partial charge is 0.239 e. The van der Waals surface area contributed by atoms with E-state index in [0.29, 0.717) is 34.0 Å². The molecule has 1 aliphatic heterocycles. The van der Waals surface area contributed by atoms with Crippen LogP contribution in [0.25, 0.3) is 5.57 Å². The van der Waals surface area contributed by atoms with Crippen LogP contribution in [-0.2, 0) is 15.6 Å². The third kappa shape index (κ3) is 3.70. The highest BCUT2D eigenvalue weighted by Crippen LogP contribution is 2.44. The van der Waals surface area contributed by atoms with E-state index in [0.717, 1.165) is 27.6 Å². The number of nitrogens with one attached hydrogen (secondary N) is 2.